The van der Waals surface area contributed by atoms with Gasteiger partial charge in [0.1, 0.15) is 0 Å². The number of hydrogen-bond acceptors (Lipinski definition) is 3. The molecule has 0 aliphatic rings. The van der Waals surface area contributed by atoms with Gasteiger partial charge in [-0.1, -0.05) is 42.5 Å². The molecular formula is C22H25N3O3. The third-order valence-corrected chi connectivity index (χ3v) is 4.79. The zero-order valence-electron chi connectivity index (χ0n) is 16.0. The maximum Gasteiger partial charge on any atom is 0.328 e. The van der Waals surface area contributed by atoms with Crippen molar-refractivity contribution in [2.75, 3.05) is 0 Å². The molecule has 28 heavy (non-hydrogen) atoms. The van der Waals surface area contributed by atoms with E-state index in [9.17, 15) is 14.4 Å². The van der Waals surface area contributed by atoms with Gasteiger partial charge < -0.3 is 10.3 Å². The van der Waals surface area contributed by atoms with Crippen LogP contribution in [-0.2, 0) is 17.8 Å². The minimum atomic E-state index is -0.444. The molecule has 0 fully saturated rings. The number of H-pyrrole nitrogens is 1. The Bertz CT molecular complexity index is 1050. The summed E-state index contributed by atoms with van der Waals surface area (Å²) in [5.41, 5.74) is 1.01. The molecule has 1 amide bonds. The lowest BCUT2D eigenvalue weighted by atomic mass is 10.1. The highest BCUT2D eigenvalue weighted by molar-refractivity contribution is 5.77. The van der Waals surface area contributed by atoms with Crippen LogP contribution in [0, 0.1) is 0 Å². The highest BCUT2D eigenvalue weighted by Gasteiger charge is 2.10. The molecule has 2 aromatic carbocycles. The SMILES string of the molecule is CC(CCc1ccccc1)NC(=O)CCCn1c(=O)[nH]c2ccccc2c1=O. The number of nitrogens with zero attached hydrogens (tertiary/aromatic N) is 1. The van der Waals surface area contributed by atoms with E-state index < -0.39 is 5.69 Å². The Morgan fingerprint density at radius 3 is 2.57 bits per heavy atom. The second kappa shape index (κ2) is 9.17. The molecule has 0 spiro atoms. The Morgan fingerprint density at radius 1 is 1.07 bits per heavy atom. The van der Waals surface area contributed by atoms with E-state index >= 15 is 0 Å². The molecule has 2 N–H and O–H groups in total. The molecule has 1 unspecified atom stereocenters. The van der Waals surface area contributed by atoms with Crippen LogP contribution < -0.4 is 16.6 Å². The molecule has 0 bridgehead atoms. The third-order valence-electron chi connectivity index (χ3n) is 4.79. The van der Waals surface area contributed by atoms with E-state index in [1.165, 1.54) is 5.56 Å². The molecule has 0 aliphatic carbocycles. The van der Waals surface area contributed by atoms with Crippen molar-refractivity contribution in [2.24, 2.45) is 0 Å². The summed E-state index contributed by atoms with van der Waals surface area (Å²) in [7, 11) is 0. The molecule has 3 rings (SSSR count). The Morgan fingerprint density at radius 2 is 1.79 bits per heavy atom. The van der Waals surface area contributed by atoms with E-state index in [0.29, 0.717) is 17.3 Å². The normalized spacial score (nSPS) is 12.0. The molecule has 0 radical (unpaired) electrons. The fourth-order valence-electron chi connectivity index (χ4n) is 3.25. The number of fused-ring (bicyclic) bond motifs is 1. The van der Waals surface area contributed by atoms with Crippen molar-refractivity contribution in [3.05, 3.63) is 81.0 Å². The first-order valence-electron chi connectivity index (χ1n) is 9.60. The maximum absolute atomic E-state index is 12.5. The Kier molecular flexibility index (Phi) is 6.42. The molecule has 0 saturated carbocycles. The van der Waals surface area contributed by atoms with Crippen LogP contribution in [-0.4, -0.2) is 21.5 Å². The fourth-order valence-corrected chi connectivity index (χ4v) is 3.25. The molecule has 6 nitrogen and oxygen atoms in total. The molecule has 0 aliphatic heterocycles. The summed E-state index contributed by atoms with van der Waals surface area (Å²) in [6, 6.07) is 17.1. The van der Waals surface area contributed by atoms with E-state index in [0.717, 1.165) is 17.4 Å². The number of aromatic amines is 1. The van der Waals surface area contributed by atoms with Crippen molar-refractivity contribution >= 4 is 16.8 Å². The summed E-state index contributed by atoms with van der Waals surface area (Å²) >= 11 is 0. The summed E-state index contributed by atoms with van der Waals surface area (Å²) in [6.07, 6.45) is 2.47. The monoisotopic (exact) mass is 379 g/mol. The maximum atomic E-state index is 12.5. The number of nitrogens with one attached hydrogen (secondary N) is 2. The number of aryl methyl sites for hydroxylation is 1. The third kappa shape index (κ3) is 4.97. The molecular weight excluding hydrogens is 354 g/mol. The molecule has 3 aromatic rings. The van der Waals surface area contributed by atoms with Gasteiger partial charge in [-0.3, -0.25) is 14.2 Å². The molecule has 1 heterocycles. The summed E-state index contributed by atoms with van der Waals surface area (Å²) in [5.74, 6) is -0.0640. The van der Waals surface area contributed by atoms with E-state index in [1.54, 1.807) is 24.3 Å². The minimum absolute atomic E-state index is 0.0640. The Hall–Kier alpha value is -3.15. The van der Waals surface area contributed by atoms with Gasteiger partial charge in [0.05, 0.1) is 10.9 Å². The number of hydrogen-bond donors (Lipinski definition) is 2. The standard InChI is InChI=1S/C22H25N3O3/c1-16(13-14-17-8-3-2-4-9-17)23-20(26)12-7-15-25-21(27)18-10-5-6-11-19(18)24-22(25)28/h2-6,8-11,16H,7,12-15H2,1H3,(H,23,26)(H,24,28). The minimum Gasteiger partial charge on any atom is -0.354 e. The van der Waals surface area contributed by atoms with Gasteiger partial charge in [-0.15, -0.1) is 0 Å². The lowest BCUT2D eigenvalue weighted by Gasteiger charge is -2.14. The van der Waals surface area contributed by atoms with Crippen LogP contribution >= 0.6 is 0 Å². The van der Waals surface area contributed by atoms with Crippen LogP contribution in [0.15, 0.2) is 64.2 Å². The summed E-state index contributed by atoms with van der Waals surface area (Å²) in [6.45, 7) is 2.20. The number of amides is 1. The summed E-state index contributed by atoms with van der Waals surface area (Å²) in [5, 5.41) is 3.46. The largest absolute Gasteiger partial charge is 0.354 e. The average Bonchev–Trinajstić information content (AvgIpc) is 2.69. The first-order chi connectivity index (χ1) is 13.5. The topological polar surface area (TPSA) is 84.0 Å². The van der Waals surface area contributed by atoms with Crippen LogP contribution in [0.5, 0.6) is 0 Å². The van der Waals surface area contributed by atoms with E-state index in [-0.39, 0.29) is 30.5 Å². The predicted octanol–water partition coefficient (Wildman–Crippen LogP) is 2.61. The zero-order chi connectivity index (χ0) is 19.9. The van der Waals surface area contributed by atoms with Gasteiger partial charge in [-0.25, -0.2) is 4.79 Å². The van der Waals surface area contributed by atoms with Crippen LogP contribution in [0.25, 0.3) is 10.9 Å². The van der Waals surface area contributed by atoms with Crippen molar-refractivity contribution in [1.29, 1.82) is 0 Å². The second-order valence-electron chi connectivity index (χ2n) is 7.03. The first kappa shape index (κ1) is 19.6. The highest BCUT2D eigenvalue weighted by atomic mass is 16.2. The van der Waals surface area contributed by atoms with Crippen LogP contribution in [0.3, 0.4) is 0 Å². The van der Waals surface area contributed by atoms with Crippen LogP contribution in [0.1, 0.15) is 31.7 Å². The predicted molar refractivity (Wildman–Crippen MR) is 110 cm³/mol. The number of carbonyl (C=O) groups is 1. The number of aromatic nitrogens is 2. The van der Waals surface area contributed by atoms with Gasteiger partial charge in [0, 0.05) is 19.0 Å². The summed E-state index contributed by atoms with van der Waals surface area (Å²) < 4.78 is 1.16. The molecule has 1 atom stereocenters. The van der Waals surface area contributed by atoms with Crippen molar-refractivity contribution < 1.29 is 4.79 Å². The van der Waals surface area contributed by atoms with Crippen molar-refractivity contribution in [3.63, 3.8) is 0 Å². The van der Waals surface area contributed by atoms with Crippen molar-refractivity contribution in [2.45, 2.75) is 45.2 Å². The van der Waals surface area contributed by atoms with E-state index in [2.05, 4.69) is 22.4 Å². The fraction of sp³-hybridized carbons (Fsp3) is 0.318. The Balaban J connectivity index is 1.49. The van der Waals surface area contributed by atoms with Gasteiger partial charge in [-0.05, 0) is 43.9 Å². The number of benzene rings is 2. The van der Waals surface area contributed by atoms with E-state index in [4.69, 9.17) is 0 Å². The quantitative estimate of drug-likeness (QED) is 0.631. The van der Waals surface area contributed by atoms with Gasteiger partial charge in [0.25, 0.3) is 5.56 Å². The van der Waals surface area contributed by atoms with Gasteiger partial charge in [0.2, 0.25) is 5.91 Å². The zero-order valence-corrected chi connectivity index (χ0v) is 16.0. The second-order valence-corrected chi connectivity index (χ2v) is 7.03. The molecule has 6 heteroatoms. The lowest BCUT2D eigenvalue weighted by Crippen LogP contribution is -2.36. The van der Waals surface area contributed by atoms with Crippen molar-refractivity contribution in [1.82, 2.24) is 14.9 Å². The highest BCUT2D eigenvalue weighted by Crippen LogP contribution is 2.06. The lowest BCUT2D eigenvalue weighted by molar-refractivity contribution is -0.121. The molecule has 0 saturated heterocycles. The van der Waals surface area contributed by atoms with Gasteiger partial charge >= 0.3 is 5.69 Å². The first-order valence-corrected chi connectivity index (χ1v) is 9.60. The van der Waals surface area contributed by atoms with Crippen molar-refractivity contribution in [3.8, 4) is 0 Å². The number of carbonyl (C=O) groups excluding carboxylic acids is 1. The Labute approximate surface area is 163 Å². The van der Waals surface area contributed by atoms with Gasteiger partial charge in [-0.2, -0.15) is 0 Å². The van der Waals surface area contributed by atoms with Crippen LogP contribution in [0.2, 0.25) is 0 Å². The number of para-hydroxylation sites is 1. The molecule has 1 aromatic heterocycles. The van der Waals surface area contributed by atoms with E-state index in [1.807, 2.05) is 25.1 Å². The number of rotatable bonds is 8. The average molecular weight is 379 g/mol. The summed E-state index contributed by atoms with van der Waals surface area (Å²) in [4.78, 5) is 39.5. The smallest absolute Gasteiger partial charge is 0.328 e. The molecule has 146 valence electrons. The van der Waals surface area contributed by atoms with Gasteiger partial charge in [0.15, 0.2) is 0 Å². The van der Waals surface area contributed by atoms with Crippen LogP contribution in [0.4, 0.5) is 0 Å².